The quantitative estimate of drug-likeness (QED) is 0.214. The van der Waals surface area contributed by atoms with Gasteiger partial charge in [0.2, 0.25) is 0 Å². The van der Waals surface area contributed by atoms with Crippen LogP contribution in [0.1, 0.15) is 142 Å². The Morgan fingerprint density at radius 2 is 0.462 bits per heavy atom. The molecule has 0 rings (SSSR count). The van der Waals surface area contributed by atoms with E-state index in [1.165, 1.54) is 128 Å². The third-order valence-corrected chi connectivity index (χ3v) is 5.06. The van der Waals surface area contributed by atoms with Gasteiger partial charge in [0.25, 0.3) is 0 Å². The summed E-state index contributed by atoms with van der Waals surface area (Å²) < 4.78 is 0. The summed E-state index contributed by atoms with van der Waals surface area (Å²) in [5, 5.41) is 15.2. The van der Waals surface area contributed by atoms with Gasteiger partial charge in [-0.2, -0.15) is 0 Å². The molecule has 2 heteroatoms. The first kappa shape index (κ1) is 28.1. The van der Waals surface area contributed by atoms with Crippen molar-refractivity contribution in [3.8, 4) is 0 Å². The highest BCUT2D eigenvalue weighted by molar-refractivity contribution is 4.50. The molecule has 0 aliphatic carbocycles. The third kappa shape index (κ3) is 31.7. The normalized spacial score (nSPS) is 10.6. The standard InChI is InChI=1S/C22H46.C2H6O2/c1-3-5-7-9-11-13-15-17-19-21-22-20-18-16-14-12-10-8-6-4-2;3-1-2-4/h3-22H2,1-2H3;3-4H,1-2H2. The first-order chi connectivity index (χ1) is 12.8. The summed E-state index contributed by atoms with van der Waals surface area (Å²) in [6, 6.07) is 0. The highest BCUT2D eigenvalue weighted by Crippen LogP contribution is 2.14. The van der Waals surface area contributed by atoms with Gasteiger partial charge in [0, 0.05) is 0 Å². The van der Waals surface area contributed by atoms with Crippen LogP contribution in [0.5, 0.6) is 0 Å². The van der Waals surface area contributed by atoms with E-state index in [1.807, 2.05) is 0 Å². The van der Waals surface area contributed by atoms with Gasteiger partial charge < -0.3 is 10.2 Å². The van der Waals surface area contributed by atoms with Crippen molar-refractivity contribution in [3.05, 3.63) is 0 Å². The zero-order valence-corrected chi connectivity index (χ0v) is 18.5. The number of hydrogen-bond acceptors (Lipinski definition) is 2. The maximum atomic E-state index is 7.62. The topological polar surface area (TPSA) is 40.5 Å². The van der Waals surface area contributed by atoms with Gasteiger partial charge in [-0.25, -0.2) is 0 Å². The molecule has 0 bridgehead atoms. The molecule has 0 heterocycles. The van der Waals surface area contributed by atoms with E-state index in [-0.39, 0.29) is 13.2 Å². The van der Waals surface area contributed by atoms with Crippen molar-refractivity contribution in [1.29, 1.82) is 0 Å². The third-order valence-electron chi connectivity index (χ3n) is 5.06. The van der Waals surface area contributed by atoms with Crippen LogP contribution in [0.15, 0.2) is 0 Å². The molecule has 0 spiro atoms. The number of unbranched alkanes of at least 4 members (excludes halogenated alkanes) is 19. The van der Waals surface area contributed by atoms with Crippen molar-refractivity contribution >= 4 is 0 Å². The van der Waals surface area contributed by atoms with Crippen molar-refractivity contribution in [2.75, 3.05) is 13.2 Å². The summed E-state index contributed by atoms with van der Waals surface area (Å²) in [4.78, 5) is 0. The summed E-state index contributed by atoms with van der Waals surface area (Å²) in [5.41, 5.74) is 0. The van der Waals surface area contributed by atoms with E-state index in [1.54, 1.807) is 0 Å². The Kier molecular flexibility index (Phi) is 32.1. The molecule has 0 unspecified atom stereocenters. The van der Waals surface area contributed by atoms with Crippen molar-refractivity contribution < 1.29 is 10.2 Å². The van der Waals surface area contributed by atoms with Crippen LogP contribution in [-0.4, -0.2) is 23.4 Å². The van der Waals surface area contributed by atoms with Gasteiger partial charge >= 0.3 is 0 Å². The minimum atomic E-state index is -0.125. The zero-order valence-electron chi connectivity index (χ0n) is 18.5. The fraction of sp³-hybridized carbons (Fsp3) is 1.00. The van der Waals surface area contributed by atoms with Crippen molar-refractivity contribution in [3.63, 3.8) is 0 Å². The van der Waals surface area contributed by atoms with Gasteiger partial charge in [0.1, 0.15) is 0 Å². The highest BCUT2D eigenvalue weighted by Gasteiger charge is 1.94. The van der Waals surface area contributed by atoms with E-state index in [0.29, 0.717) is 0 Å². The molecule has 0 aromatic heterocycles. The number of hydrogen-bond donors (Lipinski definition) is 2. The molecule has 0 radical (unpaired) electrons. The molecule has 160 valence electrons. The Balaban J connectivity index is 0. The zero-order chi connectivity index (χ0) is 19.6. The Labute approximate surface area is 166 Å². The molecule has 0 atom stereocenters. The summed E-state index contributed by atoms with van der Waals surface area (Å²) >= 11 is 0. The average Bonchev–Trinajstić information content (AvgIpc) is 2.67. The lowest BCUT2D eigenvalue weighted by Gasteiger charge is -2.03. The fourth-order valence-corrected chi connectivity index (χ4v) is 3.33. The molecule has 2 nitrogen and oxygen atoms in total. The molecular formula is C24H52O2. The lowest BCUT2D eigenvalue weighted by atomic mass is 10.0. The first-order valence-electron chi connectivity index (χ1n) is 12.0. The maximum absolute atomic E-state index is 7.62. The predicted molar refractivity (Wildman–Crippen MR) is 118 cm³/mol. The average molecular weight is 373 g/mol. The number of rotatable bonds is 20. The summed E-state index contributed by atoms with van der Waals surface area (Å²) in [6.45, 7) is 4.35. The van der Waals surface area contributed by atoms with Crippen LogP contribution in [0.25, 0.3) is 0 Å². The molecule has 0 aromatic carbocycles. The van der Waals surface area contributed by atoms with Gasteiger partial charge in [0.15, 0.2) is 0 Å². The van der Waals surface area contributed by atoms with Gasteiger partial charge in [-0.15, -0.1) is 0 Å². The summed E-state index contributed by atoms with van der Waals surface area (Å²) in [7, 11) is 0. The summed E-state index contributed by atoms with van der Waals surface area (Å²) in [6.07, 6.45) is 29.4. The molecule has 0 aromatic rings. The Morgan fingerprint density at radius 1 is 0.308 bits per heavy atom. The van der Waals surface area contributed by atoms with E-state index >= 15 is 0 Å². The van der Waals surface area contributed by atoms with Crippen molar-refractivity contribution in [1.82, 2.24) is 0 Å². The van der Waals surface area contributed by atoms with E-state index in [2.05, 4.69) is 13.8 Å². The molecule has 0 saturated heterocycles. The fourth-order valence-electron chi connectivity index (χ4n) is 3.33. The lowest BCUT2D eigenvalue weighted by Crippen LogP contribution is -1.85. The Hall–Kier alpha value is -0.0800. The van der Waals surface area contributed by atoms with Crippen LogP contribution >= 0.6 is 0 Å². The van der Waals surface area contributed by atoms with Gasteiger partial charge in [0.05, 0.1) is 13.2 Å². The second-order valence-corrected chi connectivity index (χ2v) is 7.81. The van der Waals surface area contributed by atoms with E-state index < -0.39 is 0 Å². The van der Waals surface area contributed by atoms with E-state index in [9.17, 15) is 0 Å². The van der Waals surface area contributed by atoms with Crippen LogP contribution in [-0.2, 0) is 0 Å². The summed E-state index contributed by atoms with van der Waals surface area (Å²) in [5.74, 6) is 0. The van der Waals surface area contributed by atoms with Gasteiger partial charge in [-0.3, -0.25) is 0 Å². The predicted octanol–water partition coefficient (Wildman–Crippen LogP) is 7.80. The molecule has 0 amide bonds. The number of aliphatic hydroxyl groups is 2. The SMILES string of the molecule is CCCCCCCCCCCCCCCCCCCCCC.OCCO. The Bertz CT molecular complexity index is 184. The van der Waals surface area contributed by atoms with Gasteiger partial charge in [-0.1, -0.05) is 142 Å². The Morgan fingerprint density at radius 3 is 0.577 bits per heavy atom. The van der Waals surface area contributed by atoms with Crippen LogP contribution in [0.2, 0.25) is 0 Å². The van der Waals surface area contributed by atoms with Crippen LogP contribution in [0.4, 0.5) is 0 Å². The molecular weight excluding hydrogens is 320 g/mol. The van der Waals surface area contributed by atoms with Crippen molar-refractivity contribution in [2.45, 2.75) is 142 Å². The molecule has 0 saturated carbocycles. The minimum absolute atomic E-state index is 0.125. The first-order valence-corrected chi connectivity index (χ1v) is 12.0. The van der Waals surface area contributed by atoms with E-state index in [4.69, 9.17) is 10.2 Å². The van der Waals surface area contributed by atoms with Crippen LogP contribution < -0.4 is 0 Å². The maximum Gasteiger partial charge on any atom is 0.0662 e. The minimum Gasteiger partial charge on any atom is -0.394 e. The second kappa shape index (κ2) is 29.7. The molecule has 26 heavy (non-hydrogen) atoms. The second-order valence-electron chi connectivity index (χ2n) is 7.81. The number of aliphatic hydroxyl groups excluding tert-OH is 2. The van der Waals surface area contributed by atoms with Crippen molar-refractivity contribution in [2.24, 2.45) is 0 Å². The molecule has 0 aliphatic rings. The van der Waals surface area contributed by atoms with E-state index in [0.717, 1.165) is 0 Å². The van der Waals surface area contributed by atoms with Crippen LogP contribution in [0.3, 0.4) is 0 Å². The van der Waals surface area contributed by atoms with Gasteiger partial charge in [-0.05, 0) is 0 Å². The lowest BCUT2D eigenvalue weighted by molar-refractivity contribution is 0.186. The molecule has 2 N–H and O–H groups in total. The van der Waals surface area contributed by atoms with Crippen LogP contribution in [0, 0.1) is 0 Å². The monoisotopic (exact) mass is 372 g/mol. The smallest absolute Gasteiger partial charge is 0.0662 e. The highest BCUT2D eigenvalue weighted by atomic mass is 16.3. The largest absolute Gasteiger partial charge is 0.394 e. The molecule has 0 aliphatic heterocycles. The molecule has 0 fully saturated rings.